The van der Waals surface area contributed by atoms with Crippen LogP contribution in [0.5, 0.6) is 5.75 Å². The van der Waals surface area contributed by atoms with Gasteiger partial charge in [0, 0.05) is 48.9 Å². The van der Waals surface area contributed by atoms with E-state index in [1.54, 1.807) is 19.3 Å². The summed E-state index contributed by atoms with van der Waals surface area (Å²) >= 11 is 7.76. The highest BCUT2D eigenvalue weighted by Crippen LogP contribution is 2.42. The quantitative estimate of drug-likeness (QED) is 0.580. The molecule has 1 unspecified atom stereocenters. The highest BCUT2D eigenvalue weighted by atomic mass is 35.5. The Morgan fingerprint density at radius 1 is 1.30 bits per heavy atom. The molecule has 0 radical (unpaired) electrons. The number of hydrogen-bond acceptors (Lipinski definition) is 6. The number of hydrogen-bond donors (Lipinski definition) is 1. The minimum absolute atomic E-state index is 0.172. The minimum Gasteiger partial charge on any atom is -0.487 e. The average Bonchev–Trinajstić information content (AvgIpc) is 3.42. The number of carbonyl (C=O) groups is 1. The fourth-order valence-electron chi connectivity index (χ4n) is 4.77. The van der Waals surface area contributed by atoms with Crippen LogP contribution in [0.2, 0.25) is 5.02 Å². The fourth-order valence-corrected chi connectivity index (χ4v) is 5.98. The van der Waals surface area contributed by atoms with Crippen molar-refractivity contribution >= 4 is 34.0 Å². The molecule has 10 heteroatoms. The van der Waals surface area contributed by atoms with Crippen molar-refractivity contribution in [2.24, 2.45) is 0 Å². The zero-order valence-corrected chi connectivity index (χ0v) is 19.8. The van der Waals surface area contributed by atoms with Crippen LogP contribution in [0.1, 0.15) is 44.2 Å². The number of carboxylic acids is 1. The lowest BCUT2D eigenvalue weighted by Gasteiger charge is -2.44. The number of halogens is 1. The molecule has 1 atom stereocenters. The Kier molecular flexibility index (Phi) is 5.70. The van der Waals surface area contributed by atoms with Gasteiger partial charge in [-0.25, -0.2) is 14.6 Å². The van der Waals surface area contributed by atoms with Crippen molar-refractivity contribution in [3.8, 4) is 10.8 Å². The van der Waals surface area contributed by atoms with Crippen molar-refractivity contribution in [1.82, 2.24) is 14.1 Å². The van der Waals surface area contributed by atoms with Gasteiger partial charge in [-0.1, -0.05) is 35.9 Å². The number of thiazole rings is 1. The van der Waals surface area contributed by atoms with E-state index in [-0.39, 0.29) is 11.3 Å². The average molecular weight is 489 g/mol. The monoisotopic (exact) mass is 488 g/mol. The molecule has 4 heterocycles. The molecular formula is C23H25ClN4O4S. The maximum atomic E-state index is 12.8. The summed E-state index contributed by atoms with van der Waals surface area (Å²) in [6.07, 6.45) is 8.79. The molecule has 3 aromatic rings. The van der Waals surface area contributed by atoms with Crippen LogP contribution in [0.4, 0.5) is 5.13 Å². The molecular weight excluding hydrogens is 464 g/mol. The number of ether oxygens (including phenoxy) is 1. The number of anilines is 1. The maximum absolute atomic E-state index is 12.8. The molecule has 1 spiro atoms. The number of nitrogens with zero attached hydrogens (tertiary/aromatic N) is 4. The van der Waals surface area contributed by atoms with Crippen molar-refractivity contribution < 1.29 is 14.6 Å². The van der Waals surface area contributed by atoms with Crippen molar-refractivity contribution in [3.05, 3.63) is 57.9 Å². The predicted octanol–water partition coefficient (Wildman–Crippen LogP) is 4.15. The second kappa shape index (κ2) is 8.53. The summed E-state index contributed by atoms with van der Waals surface area (Å²) in [5.74, 6) is -0.117. The molecule has 2 aliphatic rings. The zero-order chi connectivity index (χ0) is 23.2. The van der Waals surface area contributed by atoms with Gasteiger partial charge in [0.1, 0.15) is 22.4 Å². The van der Waals surface area contributed by atoms with Gasteiger partial charge < -0.3 is 14.7 Å². The van der Waals surface area contributed by atoms with Crippen LogP contribution in [0.15, 0.2) is 41.6 Å². The van der Waals surface area contributed by atoms with Gasteiger partial charge in [0.25, 0.3) is 0 Å². The van der Waals surface area contributed by atoms with Gasteiger partial charge in [0.05, 0.1) is 6.20 Å². The summed E-state index contributed by atoms with van der Waals surface area (Å²) in [6.45, 7) is 3.38. The standard InChI is InChI=1S/C23H25ClN4O4S/c1-2-17(20(29)30)27-12-13-28(22(27)31)19-14-25-21(33-19)26-10-8-23(9-11-26)7-6-15-16(24)4-3-5-18(15)32-23/h3-5,12-14,17H,2,6-11H2,1H3,(H,29,30). The number of imidazole rings is 1. The Labute approximate surface area is 200 Å². The lowest BCUT2D eigenvalue weighted by Crippen LogP contribution is -2.49. The molecule has 0 saturated carbocycles. The molecule has 33 heavy (non-hydrogen) atoms. The van der Waals surface area contributed by atoms with Gasteiger partial charge in [0.2, 0.25) is 0 Å². The molecule has 0 bridgehead atoms. The van der Waals surface area contributed by atoms with E-state index in [0.29, 0.717) is 11.4 Å². The first-order chi connectivity index (χ1) is 15.9. The Morgan fingerprint density at radius 2 is 2.09 bits per heavy atom. The second-order valence-electron chi connectivity index (χ2n) is 8.59. The van der Waals surface area contributed by atoms with Gasteiger partial charge in [-0.05, 0) is 31.4 Å². The third-order valence-corrected chi connectivity index (χ3v) is 8.12. The first-order valence-corrected chi connectivity index (χ1v) is 12.3. The molecule has 1 saturated heterocycles. The highest BCUT2D eigenvalue weighted by Gasteiger charge is 2.40. The van der Waals surface area contributed by atoms with Crippen molar-refractivity contribution in [2.75, 3.05) is 18.0 Å². The third-order valence-electron chi connectivity index (χ3n) is 6.71. The topological polar surface area (TPSA) is 89.6 Å². The summed E-state index contributed by atoms with van der Waals surface area (Å²) in [6, 6.07) is 4.97. The molecule has 0 aliphatic carbocycles. The van der Waals surface area contributed by atoms with Crippen molar-refractivity contribution in [2.45, 2.75) is 50.7 Å². The predicted molar refractivity (Wildman–Crippen MR) is 127 cm³/mol. The molecule has 8 nitrogen and oxygen atoms in total. The van der Waals surface area contributed by atoms with Gasteiger partial charge in [-0.15, -0.1) is 0 Å². The Bertz CT molecular complexity index is 1240. The molecule has 2 aliphatic heterocycles. The van der Waals surface area contributed by atoms with Gasteiger partial charge in [0.15, 0.2) is 5.13 Å². The molecule has 174 valence electrons. The smallest absolute Gasteiger partial charge is 0.334 e. The van der Waals surface area contributed by atoms with Crippen LogP contribution >= 0.6 is 22.9 Å². The van der Waals surface area contributed by atoms with E-state index in [0.717, 1.165) is 60.2 Å². The molecule has 1 fully saturated rings. The Balaban J connectivity index is 1.29. The van der Waals surface area contributed by atoms with Crippen LogP contribution < -0.4 is 15.3 Å². The number of aromatic nitrogens is 3. The first-order valence-electron chi connectivity index (χ1n) is 11.1. The molecule has 2 aromatic heterocycles. The Hall–Kier alpha value is -2.78. The highest BCUT2D eigenvalue weighted by molar-refractivity contribution is 7.18. The summed E-state index contributed by atoms with van der Waals surface area (Å²) in [4.78, 5) is 31.0. The summed E-state index contributed by atoms with van der Waals surface area (Å²) < 4.78 is 9.17. The number of benzene rings is 1. The number of fused-ring (bicyclic) bond motifs is 1. The van der Waals surface area contributed by atoms with Gasteiger partial charge >= 0.3 is 11.7 Å². The number of carboxylic acid groups (broad SMARTS) is 1. The van der Waals surface area contributed by atoms with Crippen LogP contribution in [0.25, 0.3) is 5.00 Å². The number of piperidine rings is 1. The van der Waals surface area contributed by atoms with E-state index in [4.69, 9.17) is 16.3 Å². The van der Waals surface area contributed by atoms with E-state index in [9.17, 15) is 14.7 Å². The second-order valence-corrected chi connectivity index (χ2v) is 9.98. The van der Waals surface area contributed by atoms with E-state index in [2.05, 4.69) is 9.88 Å². The largest absolute Gasteiger partial charge is 0.487 e. The normalized spacial score (nSPS) is 18.1. The number of rotatable bonds is 5. The number of aliphatic carboxylic acids is 1. The van der Waals surface area contributed by atoms with Crippen molar-refractivity contribution in [1.29, 1.82) is 0 Å². The Morgan fingerprint density at radius 3 is 2.82 bits per heavy atom. The van der Waals surface area contributed by atoms with E-state index < -0.39 is 12.0 Å². The minimum atomic E-state index is -1.01. The lowest BCUT2D eigenvalue weighted by atomic mass is 9.83. The third kappa shape index (κ3) is 3.93. The van der Waals surface area contributed by atoms with Crippen molar-refractivity contribution in [3.63, 3.8) is 0 Å². The fraction of sp³-hybridized carbons (Fsp3) is 0.435. The van der Waals surface area contributed by atoms with Crippen LogP contribution in [-0.2, 0) is 11.2 Å². The first kappa shape index (κ1) is 22.0. The lowest BCUT2D eigenvalue weighted by molar-refractivity contribution is -0.141. The molecule has 1 aromatic carbocycles. The maximum Gasteiger partial charge on any atom is 0.334 e. The van der Waals surface area contributed by atoms with Crippen LogP contribution in [0, 0.1) is 0 Å². The molecule has 0 amide bonds. The zero-order valence-electron chi connectivity index (χ0n) is 18.2. The molecule has 1 N–H and O–H groups in total. The van der Waals surface area contributed by atoms with Gasteiger partial charge in [-0.2, -0.15) is 0 Å². The summed E-state index contributed by atoms with van der Waals surface area (Å²) in [7, 11) is 0. The summed E-state index contributed by atoms with van der Waals surface area (Å²) in [5.41, 5.74) is 0.557. The SMILES string of the molecule is CCC(C(=O)O)n1ccn(-c2cnc(N3CCC4(CCc5c(Cl)cccc5O4)CC3)s2)c1=O. The van der Waals surface area contributed by atoms with E-state index in [1.807, 2.05) is 18.2 Å². The van der Waals surface area contributed by atoms with Crippen LogP contribution in [-0.4, -0.2) is 43.9 Å². The van der Waals surface area contributed by atoms with E-state index in [1.165, 1.54) is 26.7 Å². The summed E-state index contributed by atoms with van der Waals surface area (Å²) in [5, 5.41) is 11.7. The van der Waals surface area contributed by atoms with Crippen LogP contribution in [0.3, 0.4) is 0 Å². The molecule has 5 rings (SSSR count). The van der Waals surface area contributed by atoms with E-state index >= 15 is 0 Å². The van der Waals surface area contributed by atoms with Gasteiger partial charge in [-0.3, -0.25) is 9.13 Å².